The Hall–Kier alpha value is -3.17. The molecule has 0 aliphatic carbocycles. The van der Waals surface area contributed by atoms with Gasteiger partial charge in [-0.25, -0.2) is 5.48 Å². The fourth-order valence-electron chi connectivity index (χ4n) is 3.62. The van der Waals surface area contributed by atoms with Crippen molar-refractivity contribution in [2.45, 2.75) is 12.8 Å². The molecule has 158 valence electrons. The molecule has 0 aromatic heterocycles. The van der Waals surface area contributed by atoms with Crippen LogP contribution in [0.3, 0.4) is 0 Å². The van der Waals surface area contributed by atoms with Gasteiger partial charge in [0.15, 0.2) is 11.5 Å². The molecule has 2 aromatic rings. The van der Waals surface area contributed by atoms with E-state index in [1.54, 1.807) is 23.7 Å². The van der Waals surface area contributed by atoms with Gasteiger partial charge in [0.1, 0.15) is 0 Å². The van der Waals surface area contributed by atoms with Gasteiger partial charge in [0, 0.05) is 44.5 Å². The van der Waals surface area contributed by atoms with Crippen LogP contribution in [-0.4, -0.2) is 48.5 Å². The first-order chi connectivity index (χ1) is 14.4. The zero-order valence-electron chi connectivity index (χ0n) is 16.1. The zero-order valence-corrected chi connectivity index (χ0v) is 16.1. The Kier molecular flexibility index (Phi) is 5.56. The number of nitrogens with one attached hydrogen (secondary N) is 1. The summed E-state index contributed by atoms with van der Waals surface area (Å²) in [7, 11) is 0. The van der Waals surface area contributed by atoms with Gasteiger partial charge in [-0.1, -0.05) is 24.3 Å². The molecular weight excluding hydrogens is 396 g/mol. The molecule has 0 radical (unpaired) electrons. The number of hydroxylamine groups is 1. The summed E-state index contributed by atoms with van der Waals surface area (Å²) in [6.45, 7) is 3.76. The maximum absolute atomic E-state index is 13.2. The van der Waals surface area contributed by atoms with E-state index in [4.69, 9.17) is 5.21 Å². The minimum absolute atomic E-state index is 0.0492. The Morgan fingerprint density at radius 2 is 1.83 bits per heavy atom. The number of benzene rings is 2. The van der Waals surface area contributed by atoms with Crippen LogP contribution in [-0.2, 0) is 11.3 Å². The summed E-state index contributed by atoms with van der Waals surface area (Å²) in [5.74, 6) is -0.479. The third kappa shape index (κ3) is 4.52. The monoisotopic (exact) mass is 417 g/mol. The number of anilines is 1. The van der Waals surface area contributed by atoms with Crippen LogP contribution < -0.4 is 19.9 Å². The highest BCUT2D eigenvalue weighted by molar-refractivity contribution is 5.91. The van der Waals surface area contributed by atoms with E-state index in [2.05, 4.69) is 19.3 Å². The van der Waals surface area contributed by atoms with Crippen molar-refractivity contribution in [3.63, 3.8) is 0 Å². The molecule has 0 atom stereocenters. The Morgan fingerprint density at radius 3 is 2.60 bits per heavy atom. The summed E-state index contributed by atoms with van der Waals surface area (Å²) in [6, 6.07) is 12.6. The first-order valence-electron chi connectivity index (χ1n) is 9.51. The standard InChI is InChI=1S/C21H21F2N3O4/c22-21(23)29-18-7-5-15(13-19(18)30-21)14-25-9-11-26(12-10-25)17-4-2-1-3-16(17)6-8-20(27)24-28/h1-8,13,28H,9-12,14H2,(H,24,27)/b8-6+. The van der Waals surface area contributed by atoms with Crippen LogP contribution in [0.15, 0.2) is 48.5 Å². The van der Waals surface area contributed by atoms with Gasteiger partial charge in [0.25, 0.3) is 5.91 Å². The van der Waals surface area contributed by atoms with Crippen LogP contribution in [0.2, 0.25) is 0 Å². The minimum atomic E-state index is -3.60. The Labute approximate surface area is 172 Å². The number of hydrogen-bond acceptors (Lipinski definition) is 6. The minimum Gasteiger partial charge on any atom is -0.395 e. The number of rotatable bonds is 5. The molecule has 2 aromatic carbocycles. The summed E-state index contributed by atoms with van der Waals surface area (Å²) in [4.78, 5) is 15.7. The van der Waals surface area contributed by atoms with E-state index in [0.717, 1.165) is 43.0 Å². The fourth-order valence-corrected chi connectivity index (χ4v) is 3.62. The van der Waals surface area contributed by atoms with Crippen molar-refractivity contribution in [3.05, 3.63) is 59.7 Å². The number of amides is 1. The smallest absolute Gasteiger partial charge is 0.395 e. The Bertz CT molecular complexity index is 959. The third-order valence-electron chi connectivity index (χ3n) is 5.05. The van der Waals surface area contributed by atoms with Crippen molar-refractivity contribution in [3.8, 4) is 11.5 Å². The number of alkyl halides is 2. The van der Waals surface area contributed by atoms with Crippen molar-refractivity contribution in [1.29, 1.82) is 0 Å². The number of ether oxygens (including phenoxy) is 2. The van der Waals surface area contributed by atoms with Gasteiger partial charge in [-0.15, -0.1) is 8.78 Å². The van der Waals surface area contributed by atoms with E-state index in [0.29, 0.717) is 6.54 Å². The Morgan fingerprint density at radius 1 is 1.10 bits per heavy atom. The molecule has 2 N–H and O–H groups in total. The second-order valence-corrected chi connectivity index (χ2v) is 7.08. The maximum atomic E-state index is 13.2. The van der Waals surface area contributed by atoms with Crippen LogP contribution in [0.4, 0.5) is 14.5 Å². The number of carbonyl (C=O) groups excluding carboxylic acids is 1. The lowest BCUT2D eigenvalue weighted by atomic mass is 10.1. The van der Waals surface area contributed by atoms with Gasteiger partial charge in [0.2, 0.25) is 0 Å². The molecule has 2 aliphatic rings. The van der Waals surface area contributed by atoms with Gasteiger partial charge >= 0.3 is 6.29 Å². The van der Waals surface area contributed by atoms with Crippen LogP contribution in [0.5, 0.6) is 11.5 Å². The van der Waals surface area contributed by atoms with E-state index >= 15 is 0 Å². The van der Waals surface area contributed by atoms with Crippen molar-refractivity contribution < 1.29 is 28.3 Å². The molecule has 1 fully saturated rings. The molecule has 9 heteroatoms. The van der Waals surface area contributed by atoms with Crippen LogP contribution >= 0.6 is 0 Å². The maximum Gasteiger partial charge on any atom is 0.586 e. The van der Waals surface area contributed by atoms with Crippen molar-refractivity contribution in [2.75, 3.05) is 31.1 Å². The van der Waals surface area contributed by atoms with Crippen molar-refractivity contribution in [2.24, 2.45) is 0 Å². The predicted octanol–water partition coefficient (Wildman–Crippen LogP) is 2.85. The molecule has 0 spiro atoms. The highest BCUT2D eigenvalue weighted by Gasteiger charge is 2.43. The molecular formula is C21H21F2N3O4. The third-order valence-corrected chi connectivity index (χ3v) is 5.05. The highest BCUT2D eigenvalue weighted by Crippen LogP contribution is 2.41. The average Bonchev–Trinajstić information content (AvgIpc) is 3.06. The van der Waals surface area contributed by atoms with Gasteiger partial charge < -0.3 is 14.4 Å². The molecule has 0 unspecified atom stereocenters. The van der Waals surface area contributed by atoms with E-state index in [1.807, 2.05) is 24.3 Å². The number of piperazine rings is 1. The predicted molar refractivity (Wildman–Crippen MR) is 106 cm³/mol. The number of hydrogen-bond donors (Lipinski definition) is 2. The summed E-state index contributed by atoms with van der Waals surface area (Å²) < 4.78 is 35.3. The largest absolute Gasteiger partial charge is 0.586 e. The van der Waals surface area contributed by atoms with Crippen LogP contribution in [0.25, 0.3) is 6.08 Å². The van der Waals surface area contributed by atoms with E-state index in [1.165, 1.54) is 12.1 Å². The van der Waals surface area contributed by atoms with E-state index in [9.17, 15) is 13.6 Å². The summed E-state index contributed by atoms with van der Waals surface area (Å²) in [5, 5.41) is 8.64. The lowest BCUT2D eigenvalue weighted by molar-refractivity contribution is -0.286. The Balaban J connectivity index is 1.37. The van der Waals surface area contributed by atoms with E-state index in [-0.39, 0.29) is 11.5 Å². The van der Waals surface area contributed by atoms with Crippen molar-refractivity contribution in [1.82, 2.24) is 10.4 Å². The lowest BCUT2D eigenvalue weighted by Gasteiger charge is -2.36. The molecule has 2 heterocycles. The number of para-hydroxylation sites is 1. The van der Waals surface area contributed by atoms with Gasteiger partial charge in [-0.2, -0.15) is 0 Å². The second-order valence-electron chi connectivity index (χ2n) is 7.08. The molecule has 2 aliphatic heterocycles. The molecule has 0 saturated carbocycles. The van der Waals surface area contributed by atoms with E-state index < -0.39 is 12.2 Å². The molecule has 7 nitrogen and oxygen atoms in total. The molecule has 1 amide bonds. The van der Waals surface area contributed by atoms with Crippen LogP contribution in [0.1, 0.15) is 11.1 Å². The summed E-state index contributed by atoms with van der Waals surface area (Å²) in [6.07, 6.45) is -0.666. The van der Waals surface area contributed by atoms with Crippen LogP contribution in [0, 0.1) is 0 Å². The molecule has 4 rings (SSSR count). The topological polar surface area (TPSA) is 74.3 Å². The van der Waals surface area contributed by atoms with Gasteiger partial charge in [0.05, 0.1) is 0 Å². The number of carbonyl (C=O) groups is 1. The number of halogens is 2. The quantitative estimate of drug-likeness (QED) is 0.443. The number of nitrogens with zero attached hydrogens (tertiary/aromatic N) is 2. The molecule has 30 heavy (non-hydrogen) atoms. The molecule has 0 bridgehead atoms. The van der Waals surface area contributed by atoms with Crippen molar-refractivity contribution >= 4 is 17.7 Å². The normalized spacial score (nSPS) is 18.0. The highest BCUT2D eigenvalue weighted by atomic mass is 19.3. The summed E-state index contributed by atoms with van der Waals surface area (Å²) in [5.41, 5.74) is 4.34. The fraction of sp³-hybridized carbons (Fsp3) is 0.286. The second kappa shape index (κ2) is 8.29. The first-order valence-corrected chi connectivity index (χ1v) is 9.51. The molecule has 1 saturated heterocycles. The lowest BCUT2D eigenvalue weighted by Crippen LogP contribution is -2.46. The zero-order chi connectivity index (χ0) is 21.1. The SMILES string of the molecule is O=C(/C=C/c1ccccc1N1CCN(Cc2ccc3c(c2)OC(F)(F)O3)CC1)NO. The van der Waals surface area contributed by atoms with Gasteiger partial charge in [-0.3, -0.25) is 14.9 Å². The first kappa shape index (κ1) is 20.1. The van der Waals surface area contributed by atoms with Gasteiger partial charge in [-0.05, 0) is 35.4 Å². The number of fused-ring (bicyclic) bond motifs is 1. The summed E-state index contributed by atoms with van der Waals surface area (Å²) >= 11 is 0. The average molecular weight is 417 g/mol.